The molecule has 0 bridgehead atoms. The molecule has 3 rings (SSSR count). The number of nitrogens with two attached hydrogens (primary N) is 5. The maximum absolute atomic E-state index is 11.5. The van der Waals surface area contributed by atoms with Crippen LogP contribution in [0.1, 0.15) is 19.3 Å². The minimum Gasteiger partial charge on any atom is -0.394 e. The number of nitrogens with zero attached hydrogens (tertiary/aromatic N) is 1. The Kier molecular flexibility index (Phi) is 13.4. The molecular weight excluding hydrogens is 576 g/mol. The molecule has 1 aliphatic carbocycles. The number of hydrogen-bond acceptors (Lipinski definition) is 17. The summed E-state index contributed by atoms with van der Waals surface area (Å²) >= 11 is 0. The van der Waals surface area contributed by atoms with Crippen LogP contribution in [-0.4, -0.2) is 165 Å². The second-order valence-corrected chi connectivity index (χ2v) is 11.1. The molecule has 0 amide bonds. The minimum atomic E-state index is -1.57. The highest BCUT2D eigenvalue weighted by Gasteiger charge is 2.51. The minimum absolute atomic E-state index is 0.00839. The molecule has 43 heavy (non-hydrogen) atoms. The summed E-state index contributed by atoms with van der Waals surface area (Å²) in [6.45, 7) is -1.36. The van der Waals surface area contributed by atoms with E-state index in [0.717, 1.165) is 0 Å². The fourth-order valence-electron chi connectivity index (χ4n) is 5.22. The molecule has 2 heterocycles. The third-order valence-electron chi connectivity index (χ3n) is 7.91. The van der Waals surface area contributed by atoms with E-state index in [9.17, 15) is 30.6 Å². The highest BCUT2D eigenvalue weighted by molar-refractivity contribution is 5.85. The molecular formula is C24H48N8O11. The van der Waals surface area contributed by atoms with E-state index in [-0.39, 0.29) is 31.2 Å². The van der Waals surface area contributed by atoms with Crippen molar-refractivity contribution in [3.63, 3.8) is 0 Å². The average molecular weight is 625 g/mol. The number of ether oxygens (including phenoxy) is 4. The van der Waals surface area contributed by atoms with Crippen molar-refractivity contribution < 1.29 is 54.7 Å². The van der Waals surface area contributed by atoms with Crippen LogP contribution in [0.4, 0.5) is 0 Å². The van der Waals surface area contributed by atoms with Gasteiger partial charge in [0, 0.05) is 19.1 Å². The van der Waals surface area contributed by atoms with Crippen molar-refractivity contribution in [1.29, 1.82) is 5.41 Å². The SMILES string of the molecule is N=C(NC[C@@H]1CCC(N)[C@@H](OC2C(O)C(O[C@H]3OC(CO)C(O)[C@H](N)C3O)[C@H](N=C(N)C(O)CN)C[C@@H]2N)O1)C(O)CO. The van der Waals surface area contributed by atoms with Crippen molar-refractivity contribution in [3.05, 3.63) is 0 Å². The Hall–Kier alpha value is -1.66. The lowest BCUT2D eigenvalue weighted by Crippen LogP contribution is -2.66. The summed E-state index contributed by atoms with van der Waals surface area (Å²) in [6.07, 6.45) is -12.9. The molecule has 1 saturated carbocycles. The molecule has 0 spiro atoms. The van der Waals surface area contributed by atoms with Crippen LogP contribution < -0.4 is 34.0 Å². The maximum Gasteiger partial charge on any atom is 0.186 e. The second-order valence-electron chi connectivity index (χ2n) is 11.1. The molecule has 19 N–H and O–H groups in total. The van der Waals surface area contributed by atoms with Crippen LogP contribution in [-0.2, 0) is 18.9 Å². The van der Waals surface area contributed by atoms with E-state index in [4.69, 9.17) is 58.1 Å². The summed E-state index contributed by atoms with van der Waals surface area (Å²) in [5.41, 5.74) is 30.0. The van der Waals surface area contributed by atoms with Crippen LogP contribution in [0.2, 0.25) is 0 Å². The number of hydrogen-bond donors (Lipinski definition) is 14. The molecule has 19 nitrogen and oxygen atoms in total. The van der Waals surface area contributed by atoms with Gasteiger partial charge in [0.25, 0.3) is 0 Å². The van der Waals surface area contributed by atoms with Gasteiger partial charge in [0.2, 0.25) is 0 Å². The molecule has 19 heteroatoms. The molecule has 250 valence electrons. The fourth-order valence-corrected chi connectivity index (χ4v) is 5.22. The van der Waals surface area contributed by atoms with Gasteiger partial charge in [-0.1, -0.05) is 0 Å². The van der Waals surface area contributed by atoms with E-state index in [0.29, 0.717) is 12.8 Å². The average Bonchev–Trinajstić information content (AvgIpc) is 2.99. The van der Waals surface area contributed by atoms with Gasteiger partial charge >= 0.3 is 0 Å². The van der Waals surface area contributed by atoms with E-state index in [2.05, 4.69) is 10.3 Å². The summed E-state index contributed by atoms with van der Waals surface area (Å²) in [6, 6.07) is -3.73. The molecule has 9 unspecified atom stereocenters. The predicted octanol–water partition coefficient (Wildman–Crippen LogP) is -7.59. The first-order valence-corrected chi connectivity index (χ1v) is 14.2. The monoisotopic (exact) mass is 624 g/mol. The van der Waals surface area contributed by atoms with Gasteiger partial charge in [0.1, 0.15) is 60.5 Å². The number of aliphatic imine (C=N–C) groups is 1. The molecule has 2 saturated heterocycles. The van der Waals surface area contributed by atoms with Gasteiger partial charge in [0.15, 0.2) is 12.6 Å². The Labute approximate surface area is 248 Å². The Bertz CT molecular complexity index is 923. The highest BCUT2D eigenvalue weighted by atomic mass is 16.7. The van der Waals surface area contributed by atoms with Gasteiger partial charge in [-0.3, -0.25) is 10.4 Å². The summed E-state index contributed by atoms with van der Waals surface area (Å²) in [4.78, 5) is 4.28. The first kappa shape index (κ1) is 35.8. The molecule has 0 aromatic carbocycles. The second kappa shape index (κ2) is 16.1. The van der Waals surface area contributed by atoms with Crippen LogP contribution in [0.25, 0.3) is 0 Å². The van der Waals surface area contributed by atoms with E-state index in [1.807, 2.05) is 0 Å². The molecule has 3 fully saturated rings. The first-order valence-electron chi connectivity index (χ1n) is 14.2. The molecule has 0 aromatic rings. The van der Waals surface area contributed by atoms with E-state index in [1.54, 1.807) is 0 Å². The van der Waals surface area contributed by atoms with Gasteiger partial charge in [0.05, 0.1) is 37.4 Å². The summed E-state index contributed by atoms with van der Waals surface area (Å²) in [5, 5.41) is 81.1. The Balaban J connectivity index is 1.79. The zero-order chi connectivity index (χ0) is 32.0. The number of rotatable bonds is 12. The molecule has 15 atom stereocenters. The summed E-state index contributed by atoms with van der Waals surface area (Å²) in [5.74, 6) is -0.522. The smallest absolute Gasteiger partial charge is 0.186 e. The quantitative estimate of drug-likeness (QED) is 0.0707. The third kappa shape index (κ3) is 8.75. The maximum atomic E-state index is 11.5. The van der Waals surface area contributed by atoms with Crippen LogP contribution in [0.5, 0.6) is 0 Å². The van der Waals surface area contributed by atoms with Crippen LogP contribution >= 0.6 is 0 Å². The Morgan fingerprint density at radius 2 is 1.60 bits per heavy atom. The van der Waals surface area contributed by atoms with Gasteiger partial charge < -0.3 is 88.7 Å². The van der Waals surface area contributed by atoms with Crippen LogP contribution in [0.15, 0.2) is 4.99 Å². The topological polar surface area (TPSA) is 357 Å². The van der Waals surface area contributed by atoms with E-state index < -0.39 is 105 Å². The van der Waals surface area contributed by atoms with Gasteiger partial charge in [-0.25, -0.2) is 0 Å². The van der Waals surface area contributed by atoms with Crippen molar-refractivity contribution in [2.24, 2.45) is 33.7 Å². The number of amidine groups is 2. The van der Waals surface area contributed by atoms with E-state index >= 15 is 0 Å². The highest BCUT2D eigenvalue weighted by Crippen LogP contribution is 2.32. The van der Waals surface area contributed by atoms with Crippen molar-refractivity contribution in [2.45, 2.75) is 111 Å². The number of nitrogens with one attached hydrogen (secondary N) is 2. The van der Waals surface area contributed by atoms with Crippen molar-refractivity contribution >= 4 is 11.7 Å². The van der Waals surface area contributed by atoms with Gasteiger partial charge in [-0.05, 0) is 19.3 Å². The Morgan fingerprint density at radius 3 is 2.23 bits per heavy atom. The summed E-state index contributed by atoms with van der Waals surface area (Å²) < 4.78 is 23.6. The van der Waals surface area contributed by atoms with Crippen LogP contribution in [0, 0.1) is 5.41 Å². The van der Waals surface area contributed by atoms with Crippen molar-refractivity contribution in [2.75, 3.05) is 26.3 Å². The standard InChI is InChI=1S/C24H48N8O11/c25-4-12(35)22(30)32-11-3-10(27)19(18(39)20(11)43-24-17(38)15(28)16(37)14(7-34)41-24)42-23-9(26)2-1-8(40-23)5-31-21(29)13(36)6-33/h8-20,23-24,33-39H,1-7,25-28H2,(H2,29,31)(H2,30,32)/t8-,9?,10-,11+,12?,13?,14?,15-,16?,17?,18?,19?,20?,23+,24+/m0/s1. The first-order chi connectivity index (χ1) is 20.3. The lowest BCUT2D eigenvalue weighted by molar-refractivity contribution is -0.312. The van der Waals surface area contributed by atoms with Crippen LogP contribution in [0.3, 0.4) is 0 Å². The van der Waals surface area contributed by atoms with Gasteiger partial charge in [-0.15, -0.1) is 0 Å². The number of aliphatic hydroxyl groups is 7. The lowest BCUT2D eigenvalue weighted by atomic mass is 9.84. The Morgan fingerprint density at radius 1 is 0.930 bits per heavy atom. The van der Waals surface area contributed by atoms with Crippen molar-refractivity contribution in [1.82, 2.24) is 5.32 Å². The zero-order valence-electron chi connectivity index (χ0n) is 23.7. The molecule has 0 radical (unpaired) electrons. The fraction of sp³-hybridized carbons (Fsp3) is 0.917. The predicted molar refractivity (Wildman–Crippen MR) is 149 cm³/mol. The molecule has 2 aliphatic heterocycles. The summed E-state index contributed by atoms with van der Waals surface area (Å²) in [7, 11) is 0. The lowest BCUT2D eigenvalue weighted by Gasteiger charge is -2.47. The van der Waals surface area contributed by atoms with Gasteiger partial charge in [-0.2, -0.15) is 0 Å². The number of aliphatic hydroxyl groups excluding tert-OH is 7. The third-order valence-corrected chi connectivity index (χ3v) is 7.91. The van der Waals surface area contributed by atoms with E-state index in [1.165, 1.54) is 0 Å². The normalized spacial score (nSPS) is 42.3. The van der Waals surface area contributed by atoms with Crippen molar-refractivity contribution in [3.8, 4) is 0 Å². The zero-order valence-corrected chi connectivity index (χ0v) is 23.7. The largest absolute Gasteiger partial charge is 0.394 e. The molecule has 0 aromatic heterocycles. The molecule has 3 aliphatic rings.